The van der Waals surface area contributed by atoms with E-state index in [-0.39, 0.29) is 15.0 Å². The Morgan fingerprint density at radius 3 is 2.39 bits per heavy atom. The molecule has 0 aliphatic carbocycles. The number of methoxy groups -OCH3 is 1. The lowest BCUT2D eigenvalue weighted by molar-refractivity contribution is -0.127. The van der Waals surface area contributed by atoms with Gasteiger partial charge >= 0.3 is 0 Å². The SMILES string of the molecule is CCOc1ccc(NC(=O)CN2C(=O)S/C(=C/c3cc(Cl)c(OC)c(Cl)c3)C2=O)cc1. The van der Waals surface area contributed by atoms with Crippen molar-refractivity contribution in [3.05, 3.63) is 56.9 Å². The number of rotatable bonds is 7. The van der Waals surface area contributed by atoms with Crippen LogP contribution in [-0.4, -0.2) is 42.2 Å². The predicted octanol–water partition coefficient (Wildman–Crippen LogP) is 5.08. The summed E-state index contributed by atoms with van der Waals surface area (Å²) in [6.45, 7) is 2.00. The zero-order chi connectivity index (χ0) is 22.5. The number of amides is 3. The van der Waals surface area contributed by atoms with Crippen molar-refractivity contribution in [1.82, 2.24) is 4.90 Å². The van der Waals surface area contributed by atoms with Crippen LogP contribution in [0.3, 0.4) is 0 Å². The number of thioether (sulfide) groups is 1. The number of nitrogens with one attached hydrogen (secondary N) is 1. The molecular formula is C21H18Cl2N2O5S. The van der Waals surface area contributed by atoms with Gasteiger partial charge in [-0.3, -0.25) is 19.3 Å². The van der Waals surface area contributed by atoms with Crippen molar-refractivity contribution < 1.29 is 23.9 Å². The average Bonchev–Trinajstić information content (AvgIpc) is 2.97. The number of benzene rings is 2. The number of carbonyl (C=O) groups is 3. The first kappa shape index (κ1) is 23.0. The molecule has 2 aromatic carbocycles. The molecule has 2 aromatic rings. The Labute approximate surface area is 193 Å². The summed E-state index contributed by atoms with van der Waals surface area (Å²) in [5.41, 5.74) is 1.05. The molecule has 0 radical (unpaired) electrons. The van der Waals surface area contributed by atoms with Crippen molar-refractivity contribution in [1.29, 1.82) is 0 Å². The maximum atomic E-state index is 12.6. The van der Waals surface area contributed by atoms with Crippen LogP contribution in [0.15, 0.2) is 41.3 Å². The van der Waals surface area contributed by atoms with Gasteiger partial charge in [0.15, 0.2) is 5.75 Å². The molecule has 0 atom stereocenters. The minimum absolute atomic E-state index is 0.163. The topological polar surface area (TPSA) is 84.9 Å². The van der Waals surface area contributed by atoms with Gasteiger partial charge in [0.1, 0.15) is 12.3 Å². The van der Waals surface area contributed by atoms with Gasteiger partial charge in [-0.05, 0) is 66.7 Å². The summed E-state index contributed by atoms with van der Waals surface area (Å²) in [5.74, 6) is -0.0713. The average molecular weight is 481 g/mol. The normalized spacial score (nSPS) is 14.8. The third kappa shape index (κ3) is 5.52. The van der Waals surface area contributed by atoms with E-state index in [0.717, 1.165) is 16.7 Å². The van der Waals surface area contributed by atoms with Crippen molar-refractivity contribution in [3.8, 4) is 11.5 Å². The molecule has 0 bridgehead atoms. The number of anilines is 1. The quantitative estimate of drug-likeness (QED) is 0.556. The molecular weight excluding hydrogens is 463 g/mol. The molecule has 0 aromatic heterocycles. The maximum absolute atomic E-state index is 12.6. The molecule has 1 aliphatic heterocycles. The Hall–Kier alpha value is -2.68. The van der Waals surface area contributed by atoms with Crippen LogP contribution < -0.4 is 14.8 Å². The van der Waals surface area contributed by atoms with Crippen molar-refractivity contribution in [2.75, 3.05) is 25.6 Å². The minimum atomic E-state index is -0.570. The van der Waals surface area contributed by atoms with Crippen LogP contribution in [0.25, 0.3) is 6.08 Å². The van der Waals surface area contributed by atoms with Gasteiger partial charge in [-0.1, -0.05) is 23.2 Å². The first-order valence-corrected chi connectivity index (χ1v) is 10.7. The van der Waals surface area contributed by atoms with Gasteiger partial charge in [-0.2, -0.15) is 0 Å². The number of halogens is 2. The molecule has 162 valence electrons. The van der Waals surface area contributed by atoms with E-state index in [9.17, 15) is 14.4 Å². The van der Waals surface area contributed by atoms with Crippen LogP contribution in [0.2, 0.25) is 10.0 Å². The lowest BCUT2D eigenvalue weighted by Crippen LogP contribution is -2.36. The number of hydrogen-bond acceptors (Lipinski definition) is 6. The van der Waals surface area contributed by atoms with Gasteiger partial charge < -0.3 is 14.8 Å². The molecule has 0 saturated carbocycles. The van der Waals surface area contributed by atoms with E-state index in [1.165, 1.54) is 13.2 Å². The second-order valence-electron chi connectivity index (χ2n) is 6.29. The van der Waals surface area contributed by atoms with Gasteiger partial charge in [0.25, 0.3) is 11.1 Å². The van der Waals surface area contributed by atoms with E-state index in [4.69, 9.17) is 32.7 Å². The van der Waals surface area contributed by atoms with Gasteiger partial charge in [0.05, 0.1) is 28.7 Å². The Morgan fingerprint density at radius 1 is 1.16 bits per heavy atom. The monoisotopic (exact) mass is 480 g/mol. The maximum Gasteiger partial charge on any atom is 0.294 e. The summed E-state index contributed by atoms with van der Waals surface area (Å²) in [4.78, 5) is 38.3. The molecule has 10 heteroatoms. The van der Waals surface area contributed by atoms with E-state index < -0.39 is 23.6 Å². The smallest absolute Gasteiger partial charge is 0.294 e. The molecule has 0 unspecified atom stereocenters. The molecule has 1 aliphatic rings. The Kier molecular flexibility index (Phi) is 7.48. The van der Waals surface area contributed by atoms with Crippen LogP contribution in [0, 0.1) is 0 Å². The third-order valence-corrected chi connectivity index (χ3v) is 5.62. The molecule has 1 heterocycles. The number of carbonyl (C=O) groups excluding carboxylic acids is 3. The summed E-state index contributed by atoms with van der Waals surface area (Å²) < 4.78 is 10.4. The Balaban J connectivity index is 1.68. The Bertz CT molecular complexity index is 1030. The van der Waals surface area contributed by atoms with Gasteiger partial charge in [-0.25, -0.2) is 0 Å². The fourth-order valence-electron chi connectivity index (χ4n) is 2.79. The van der Waals surface area contributed by atoms with E-state index in [2.05, 4.69) is 5.32 Å². The van der Waals surface area contributed by atoms with Crippen LogP contribution in [0.4, 0.5) is 10.5 Å². The zero-order valence-corrected chi connectivity index (χ0v) is 18.9. The van der Waals surface area contributed by atoms with Gasteiger partial charge in [-0.15, -0.1) is 0 Å². The number of imide groups is 1. The van der Waals surface area contributed by atoms with Crippen molar-refractivity contribution in [2.24, 2.45) is 0 Å². The van der Waals surface area contributed by atoms with Crippen LogP contribution in [0.1, 0.15) is 12.5 Å². The fourth-order valence-corrected chi connectivity index (χ4v) is 4.29. The predicted molar refractivity (Wildman–Crippen MR) is 122 cm³/mol. The summed E-state index contributed by atoms with van der Waals surface area (Å²) >= 11 is 13.0. The van der Waals surface area contributed by atoms with Gasteiger partial charge in [0, 0.05) is 5.69 Å². The zero-order valence-electron chi connectivity index (χ0n) is 16.6. The standard InChI is InChI=1S/C21H18Cl2N2O5S/c1-3-30-14-6-4-13(5-7-14)24-18(26)11-25-20(27)17(31-21(25)28)10-12-8-15(22)19(29-2)16(23)9-12/h4-10H,3,11H2,1-2H3,(H,24,26)/b17-10+. The fraction of sp³-hybridized carbons (Fsp3) is 0.190. The largest absolute Gasteiger partial charge is 0.494 e. The molecule has 0 spiro atoms. The highest BCUT2D eigenvalue weighted by Crippen LogP contribution is 2.37. The molecule has 31 heavy (non-hydrogen) atoms. The second kappa shape index (κ2) is 10.1. The van der Waals surface area contributed by atoms with Crippen molar-refractivity contribution in [2.45, 2.75) is 6.92 Å². The van der Waals surface area contributed by atoms with Crippen LogP contribution >= 0.6 is 35.0 Å². The molecule has 3 rings (SSSR count). The molecule has 1 N–H and O–H groups in total. The number of hydrogen-bond donors (Lipinski definition) is 1. The van der Waals surface area contributed by atoms with Gasteiger partial charge in [0.2, 0.25) is 5.91 Å². The van der Waals surface area contributed by atoms with E-state index in [1.807, 2.05) is 6.92 Å². The first-order chi connectivity index (χ1) is 14.8. The second-order valence-corrected chi connectivity index (χ2v) is 8.10. The summed E-state index contributed by atoms with van der Waals surface area (Å²) in [6, 6.07) is 9.92. The van der Waals surface area contributed by atoms with Crippen LogP contribution in [0.5, 0.6) is 11.5 Å². The minimum Gasteiger partial charge on any atom is -0.494 e. The van der Waals surface area contributed by atoms with E-state index in [1.54, 1.807) is 36.4 Å². The van der Waals surface area contributed by atoms with E-state index >= 15 is 0 Å². The summed E-state index contributed by atoms with van der Waals surface area (Å²) in [7, 11) is 1.44. The van der Waals surface area contributed by atoms with E-state index in [0.29, 0.717) is 29.4 Å². The summed E-state index contributed by atoms with van der Waals surface area (Å²) in [6.07, 6.45) is 1.49. The number of ether oxygens (including phenoxy) is 2. The molecule has 1 fully saturated rings. The Morgan fingerprint density at radius 2 is 1.81 bits per heavy atom. The number of nitrogens with zero attached hydrogens (tertiary/aromatic N) is 1. The van der Waals surface area contributed by atoms with Crippen LogP contribution in [-0.2, 0) is 9.59 Å². The first-order valence-electron chi connectivity index (χ1n) is 9.13. The highest BCUT2D eigenvalue weighted by Gasteiger charge is 2.36. The lowest BCUT2D eigenvalue weighted by Gasteiger charge is -2.12. The third-order valence-electron chi connectivity index (χ3n) is 4.15. The summed E-state index contributed by atoms with van der Waals surface area (Å²) in [5, 5.41) is 2.66. The lowest BCUT2D eigenvalue weighted by atomic mass is 10.2. The highest BCUT2D eigenvalue weighted by molar-refractivity contribution is 8.18. The molecule has 7 nitrogen and oxygen atoms in total. The highest BCUT2D eigenvalue weighted by atomic mass is 35.5. The van der Waals surface area contributed by atoms with Crippen molar-refractivity contribution >= 4 is 63.8 Å². The molecule has 3 amide bonds. The molecule has 1 saturated heterocycles. The van der Waals surface area contributed by atoms with Crippen molar-refractivity contribution in [3.63, 3.8) is 0 Å².